The fraction of sp³-hybridized carbons (Fsp3) is 0.571. The van der Waals surface area contributed by atoms with Crippen LogP contribution in [0.1, 0.15) is 29.4 Å². The number of piperazine rings is 1. The van der Waals surface area contributed by atoms with E-state index in [9.17, 15) is 4.79 Å². The number of nitrogens with two attached hydrogens (primary N) is 1. The second-order valence-corrected chi connectivity index (χ2v) is 7.37. The van der Waals surface area contributed by atoms with Crippen LogP contribution in [0.25, 0.3) is 0 Å². The summed E-state index contributed by atoms with van der Waals surface area (Å²) < 4.78 is 0.881. The number of hydrogen-bond donors (Lipinski definition) is 1. The average Bonchev–Trinajstić information content (AvgIpc) is 2.90. The van der Waals surface area contributed by atoms with Crippen molar-refractivity contribution in [3.8, 4) is 0 Å². The average molecular weight is 390 g/mol. The number of nitrogens with zero attached hydrogens (tertiary/aromatic N) is 2. The first-order valence-corrected chi connectivity index (χ1v) is 9.18. The Bertz CT molecular complexity index is 512. The maximum Gasteiger partial charge on any atom is 0.265 e. The zero-order valence-electron chi connectivity index (χ0n) is 12.0. The number of hydrogen-bond acceptors (Lipinski definition) is 4. The molecule has 1 saturated heterocycles. The van der Waals surface area contributed by atoms with Crippen LogP contribution >= 0.6 is 39.5 Å². The van der Waals surface area contributed by atoms with Gasteiger partial charge in [0.1, 0.15) is 4.88 Å². The van der Waals surface area contributed by atoms with Gasteiger partial charge < -0.3 is 10.6 Å². The lowest BCUT2D eigenvalue weighted by Gasteiger charge is -2.38. The smallest absolute Gasteiger partial charge is 0.265 e. The Balaban J connectivity index is 1.95. The van der Waals surface area contributed by atoms with Crippen LogP contribution in [-0.2, 0) is 0 Å². The molecule has 0 aliphatic carbocycles. The molecule has 1 aliphatic rings. The van der Waals surface area contributed by atoms with Crippen molar-refractivity contribution in [2.45, 2.75) is 25.8 Å². The Morgan fingerprint density at radius 1 is 1.48 bits per heavy atom. The summed E-state index contributed by atoms with van der Waals surface area (Å²) in [5, 5.41) is 1.93. The van der Waals surface area contributed by atoms with Crippen LogP contribution < -0.4 is 5.73 Å². The molecular formula is C14H20BrN3OS2. The Kier molecular flexibility index (Phi) is 6.16. The van der Waals surface area contributed by atoms with Gasteiger partial charge >= 0.3 is 0 Å². The van der Waals surface area contributed by atoms with Gasteiger partial charge in [0.15, 0.2) is 0 Å². The molecule has 1 aliphatic heterocycles. The van der Waals surface area contributed by atoms with Crippen molar-refractivity contribution in [2.24, 2.45) is 5.73 Å². The molecule has 1 unspecified atom stereocenters. The Hall–Kier alpha value is -0.500. The molecule has 0 spiro atoms. The zero-order valence-corrected chi connectivity index (χ0v) is 15.3. The highest BCUT2D eigenvalue weighted by molar-refractivity contribution is 9.10. The molecule has 7 heteroatoms. The third-order valence-electron chi connectivity index (χ3n) is 3.74. The normalized spacial score (nSPS) is 17.7. The first-order valence-electron chi connectivity index (χ1n) is 7.10. The molecule has 1 atom stereocenters. The van der Waals surface area contributed by atoms with E-state index < -0.39 is 0 Å². The Morgan fingerprint density at radius 3 is 2.62 bits per heavy atom. The van der Waals surface area contributed by atoms with Crippen LogP contribution in [0.2, 0.25) is 0 Å². The van der Waals surface area contributed by atoms with Crippen molar-refractivity contribution >= 4 is 50.4 Å². The molecule has 4 nitrogen and oxygen atoms in total. The molecule has 116 valence electrons. The lowest BCUT2D eigenvalue weighted by Crippen LogP contribution is -2.54. The van der Waals surface area contributed by atoms with Gasteiger partial charge in [0.05, 0.1) is 11.0 Å². The summed E-state index contributed by atoms with van der Waals surface area (Å²) in [6.07, 6.45) is 2.04. The van der Waals surface area contributed by atoms with E-state index in [2.05, 4.69) is 27.8 Å². The van der Waals surface area contributed by atoms with Crippen molar-refractivity contribution in [1.82, 2.24) is 9.80 Å². The topological polar surface area (TPSA) is 49.6 Å². The summed E-state index contributed by atoms with van der Waals surface area (Å²) in [6, 6.07) is 2.08. The van der Waals surface area contributed by atoms with E-state index in [4.69, 9.17) is 18.0 Å². The second kappa shape index (κ2) is 7.67. The van der Waals surface area contributed by atoms with E-state index >= 15 is 0 Å². The number of carbonyl (C=O) groups excluding carboxylic acids is 1. The number of halogens is 1. The second-order valence-electron chi connectivity index (χ2n) is 5.13. The number of carbonyl (C=O) groups is 1. The van der Waals surface area contributed by atoms with Crippen LogP contribution in [0, 0.1) is 0 Å². The molecule has 1 aromatic heterocycles. The first-order chi connectivity index (χ1) is 10.0. The molecule has 2 heterocycles. The van der Waals surface area contributed by atoms with Crippen LogP contribution in [0.4, 0.5) is 0 Å². The van der Waals surface area contributed by atoms with Crippen LogP contribution in [0.3, 0.4) is 0 Å². The van der Waals surface area contributed by atoms with Gasteiger partial charge in [-0.15, -0.1) is 11.3 Å². The minimum Gasteiger partial charge on any atom is -0.392 e. The summed E-state index contributed by atoms with van der Waals surface area (Å²) in [5.41, 5.74) is 5.85. The lowest BCUT2D eigenvalue weighted by atomic mass is 10.1. The predicted octanol–water partition coefficient (Wildman–Crippen LogP) is 2.72. The minimum absolute atomic E-state index is 0.110. The highest BCUT2D eigenvalue weighted by Crippen LogP contribution is 2.25. The van der Waals surface area contributed by atoms with Gasteiger partial charge in [-0.3, -0.25) is 9.69 Å². The quantitative estimate of drug-likeness (QED) is 0.786. The maximum absolute atomic E-state index is 12.5. The van der Waals surface area contributed by atoms with Crippen molar-refractivity contribution in [3.63, 3.8) is 0 Å². The SMILES string of the molecule is CCCC(C(N)=S)N1CCN(C(=O)c2sccc2Br)CC1. The van der Waals surface area contributed by atoms with E-state index in [1.807, 2.05) is 16.3 Å². The Morgan fingerprint density at radius 2 is 2.14 bits per heavy atom. The summed E-state index contributed by atoms with van der Waals surface area (Å²) in [7, 11) is 0. The molecule has 0 saturated carbocycles. The van der Waals surface area contributed by atoms with Crippen molar-refractivity contribution < 1.29 is 4.79 Å². The molecular weight excluding hydrogens is 370 g/mol. The molecule has 2 N–H and O–H groups in total. The van der Waals surface area contributed by atoms with E-state index in [-0.39, 0.29) is 11.9 Å². The maximum atomic E-state index is 12.5. The summed E-state index contributed by atoms with van der Waals surface area (Å²) in [4.78, 5) is 18.0. The third-order valence-corrected chi connectivity index (χ3v) is 5.84. The van der Waals surface area contributed by atoms with E-state index in [1.165, 1.54) is 11.3 Å². The molecule has 0 aromatic carbocycles. The largest absolute Gasteiger partial charge is 0.392 e. The van der Waals surface area contributed by atoms with E-state index in [0.717, 1.165) is 48.4 Å². The van der Waals surface area contributed by atoms with Gasteiger partial charge in [-0.2, -0.15) is 0 Å². The fourth-order valence-electron chi connectivity index (χ4n) is 2.60. The monoisotopic (exact) mass is 389 g/mol. The molecule has 1 fully saturated rings. The minimum atomic E-state index is 0.110. The van der Waals surface area contributed by atoms with Crippen molar-refractivity contribution in [3.05, 3.63) is 20.8 Å². The van der Waals surface area contributed by atoms with Gasteiger partial charge in [0, 0.05) is 30.7 Å². The van der Waals surface area contributed by atoms with Gasteiger partial charge in [-0.1, -0.05) is 25.6 Å². The molecule has 21 heavy (non-hydrogen) atoms. The fourth-order valence-corrected chi connectivity index (χ4v) is 4.38. The molecule has 1 aromatic rings. The highest BCUT2D eigenvalue weighted by Gasteiger charge is 2.28. The standard InChI is InChI=1S/C14H20BrN3OS2/c1-2-3-11(13(16)20)17-5-7-18(8-6-17)14(19)12-10(15)4-9-21-12/h4,9,11H,2-3,5-8H2,1H3,(H2,16,20). The number of thiophene rings is 1. The van der Waals surface area contributed by atoms with Crippen molar-refractivity contribution in [2.75, 3.05) is 26.2 Å². The number of rotatable bonds is 5. The van der Waals surface area contributed by atoms with Gasteiger partial charge in [0.25, 0.3) is 5.91 Å². The lowest BCUT2D eigenvalue weighted by molar-refractivity contribution is 0.0612. The molecule has 2 rings (SSSR count). The highest BCUT2D eigenvalue weighted by atomic mass is 79.9. The van der Waals surface area contributed by atoms with Crippen LogP contribution in [0.15, 0.2) is 15.9 Å². The summed E-state index contributed by atoms with van der Waals surface area (Å²) >= 11 is 10.1. The van der Waals surface area contributed by atoms with Crippen LogP contribution in [-0.4, -0.2) is 52.9 Å². The summed E-state index contributed by atoms with van der Waals surface area (Å²) in [6.45, 7) is 5.25. The van der Waals surface area contributed by atoms with E-state index in [0.29, 0.717) is 4.99 Å². The number of thiocarbonyl (C=S) groups is 1. The van der Waals surface area contributed by atoms with Gasteiger partial charge in [-0.05, 0) is 33.8 Å². The molecule has 0 radical (unpaired) electrons. The predicted molar refractivity (Wildman–Crippen MR) is 95.0 cm³/mol. The van der Waals surface area contributed by atoms with Crippen LogP contribution in [0.5, 0.6) is 0 Å². The summed E-state index contributed by atoms with van der Waals surface area (Å²) in [5.74, 6) is 0.110. The van der Waals surface area contributed by atoms with Crippen molar-refractivity contribution in [1.29, 1.82) is 0 Å². The molecule has 0 bridgehead atoms. The third kappa shape index (κ3) is 4.03. The van der Waals surface area contributed by atoms with Gasteiger partial charge in [-0.25, -0.2) is 0 Å². The van der Waals surface area contributed by atoms with Gasteiger partial charge in [0.2, 0.25) is 0 Å². The zero-order chi connectivity index (χ0) is 15.4. The van der Waals surface area contributed by atoms with E-state index in [1.54, 1.807) is 0 Å². The Labute approximate surface area is 143 Å². The molecule has 1 amide bonds. The first kappa shape index (κ1) is 16.9. The number of amides is 1.